The van der Waals surface area contributed by atoms with Crippen molar-refractivity contribution in [3.8, 4) is 0 Å². The van der Waals surface area contributed by atoms with Crippen LogP contribution < -0.4 is 15.4 Å². The topological polar surface area (TPSA) is 80.0 Å². The van der Waals surface area contributed by atoms with E-state index in [4.69, 9.17) is 0 Å². The molecule has 2 fully saturated rings. The highest BCUT2D eigenvalue weighted by Crippen LogP contribution is 2.39. The van der Waals surface area contributed by atoms with Gasteiger partial charge in [0.1, 0.15) is 18.0 Å². The van der Waals surface area contributed by atoms with Crippen LogP contribution in [-0.2, 0) is 6.54 Å². The fourth-order valence-corrected chi connectivity index (χ4v) is 3.67. The summed E-state index contributed by atoms with van der Waals surface area (Å²) in [5, 5.41) is 4.58. The predicted molar refractivity (Wildman–Crippen MR) is 110 cm³/mol. The zero-order valence-electron chi connectivity index (χ0n) is 16.2. The average Bonchev–Trinajstić information content (AvgIpc) is 3.62. The summed E-state index contributed by atoms with van der Waals surface area (Å²) in [5.41, 5.74) is 1.87. The third-order valence-corrected chi connectivity index (χ3v) is 5.49. The molecular formula is C21H23N7O. The standard InChI is InChI=1S/C21H23N7O/c29-21-7-6-19(25-28(21)14-17-3-1-2-8-22-17)26-9-11-27(12-10-26)20-13-18(16-4-5-16)23-15-24-20/h1-3,6-8,13,15-16H,4-5,9-12,14H2. The molecule has 0 aromatic carbocycles. The Morgan fingerprint density at radius 3 is 2.41 bits per heavy atom. The van der Waals surface area contributed by atoms with Gasteiger partial charge in [0, 0.05) is 56.1 Å². The van der Waals surface area contributed by atoms with Gasteiger partial charge in [-0.3, -0.25) is 9.78 Å². The van der Waals surface area contributed by atoms with E-state index in [2.05, 4.69) is 35.9 Å². The third-order valence-electron chi connectivity index (χ3n) is 5.49. The zero-order chi connectivity index (χ0) is 19.6. The van der Waals surface area contributed by atoms with E-state index in [1.54, 1.807) is 18.6 Å². The van der Waals surface area contributed by atoms with Gasteiger partial charge < -0.3 is 9.80 Å². The normalized spacial score (nSPS) is 16.8. The van der Waals surface area contributed by atoms with Gasteiger partial charge in [0.2, 0.25) is 0 Å². The van der Waals surface area contributed by atoms with Crippen LogP contribution >= 0.6 is 0 Å². The first kappa shape index (κ1) is 17.8. The molecule has 8 heteroatoms. The molecule has 0 unspecified atom stereocenters. The van der Waals surface area contributed by atoms with Crippen molar-refractivity contribution in [2.45, 2.75) is 25.3 Å². The van der Waals surface area contributed by atoms with Crippen molar-refractivity contribution in [2.24, 2.45) is 0 Å². The quantitative estimate of drug-likeness (QED) is 0.657. The summed E-state index contributed by atoms with van der Waals surface area (Å²) in [6.45, 7) is 3.76. The number of rotatable bonds is 5. The van der Waals surface area contributed by atoms with Crippen LogP contribution in [-0.4, -0.2) is 50.9 Å². The molecule has 1 saturated carbocycles. The van der Waals surface area contributed by atoms with Gasteiger partial charge in [0.05, 0.1) is 12.2 Å². The lowest BCUT2D eigenvalue weighted by Gasteiger charge is -2.36. The highest BCUT2D eigenvalue weighted by Gasteiger charge is 2.26. The first-order chi connectivity index (χ1) is 14.3. The van der Waals surface area contributed by atoms with Gasteiger partial charge in [0.25, 0.3) is 5.56 Å². The molecule has 1 saturated heterocycles. The number of aromatic nitrogens is 5. The Morgan fingerprint density at radius 2 is 1.69 bits per heavy atom. The SMILES string of the molecule is O=c1ccc(N2CCN(c3cc(C4CC4)ncn3)CC2)nn1Cc1ccccn1. The Labute approximate surface area is 168 Å². The number of piperazine rings is 1. The summed E-state index contributed by atoms with van der Waals surface area (Å²) < 4.78 is 1.48. The second kappa shape index (κ2) is 7.62. The number of hydrogen-bond acceptors (Lipinski definition) is 7. The largest absolute Gasteiger partial charge is 0.353 e. The van der Waals surface area contributed by atoms with Gasteiger partial charge in [-0.15, -0.1) is 0 Å². The second-order valence-corrected chi connectivity index (χ2v) is 7.56. The second-order valence-electron chi connectivity index (χ2n) is 7.56. The number of pyridine rings is 1. The highest BCUT2D eigenvalue weighted by molar-refractivity contribution is 5.45. The summed E-state index contributed by atoms with van der Waals surface area (Å²) in [6, 6.07) is 11.2. The Balaban J connectivity index is 1.27. The van der Waals surface area contributed by atoms with E-state index in [0.717, 1.165) is 43.5 Å². The molecule has 0 radical (unpaired) electrons. The van der Waals surface area contributed by atoms with Crippen molar-refractivity contribution in [2.75, 3.05) is 36.0 Å². The van der Waals surface area contributed by atoms with E-state index >= 15 is 0 Å². The lowest BCUT2D eigenvalue weighted by Crippen LogP contribution is -2.47. The Hall–Kier alpha value is -3.29. The van der Waals surface area contributed by atoms with Crippen molar-refractivity contribution in [1.29, 1.82) is 0 Å². The maximum atomic E-state index is 12.2. The molecule has 0 bridgehead atoms. The molecule has 8 nitrogen and oxygen atoms in total. The number of anilines is 2. The van der Waals surface area contributed by atoms with Crippen LogP contribution in [0.5, 0.6) is 0 Å². The van der Waals surface area contributed by atoms with Gasteiger partial charge in [-0.05, 0) is 31.0 Å². The molecule has 148 valence electrons. The molecule has 5 rings (SSSR count). The minimum Gasteiger partial charge on any atom is -0.353 e. The van der Waals surface area contributed by atoms with E-state index in [0.29, 0.717) is 12.5 Å². The van der Waals surface area contributed by atoms with Gasteiger partial charge in [-0.2, -0.15) is 5.10 Å². The molecular weight excluding hydrogens is 366 g/mol. The lowest BCUT2D eigenvalue weighted by atomic mass is 10.2. The Morgan fingerprint density at radius 1 is 0.897 bits per heavy atom. The molecule has 0 N–H and O–H groups in total. The molecule has 4 heterocycles. The minimum absolute atomic E-state index is 0.119. The summed E-state index contributed by atoms with van der Waals surface area (Å²) in [4.78, 5) is 29.9. The molecule has 0 spiro atoms. The molecule has 0 atom stereocenters. The summed E-state index contributed by atoms with van der Waals surface area (Å²) in [6.07, 6.45) is 5.89. The molecule has 3 aromatic rings. The van der Waals surface area contributed by atoms with E-state index < -0.39 is 0 Å². The Bertz CT molecular complexity index is 1040. The van der Waals surface area contributed by atoms with Crippen molar-refractivity contribution < 1.29 is 0 Å². The first-order valence-corrected chi connectivity index (χ1v) is 10.1. The van der Waals surface area contributed by atoms with Crippen LogP contribution in [0.1, 0.15) is 30.1 Å². The molecule has 29 heavy (non-hydrogen) atoms. The van der Waals surface area contributed by atoms with Crippen LogP contribution in [0.15, 0.2) is 53.7 Å². The number of nitrogens with zero attached hydrogens (tertiary/aromatic N) is 7. The fraction of sp³-hybridized carbons (Fsp3) is 0.381. The van der Waals surface area contributed by atoms with Crippen LogP contribution in [0.4, 0.5) is 11.6 Å². The van der Waals surface area contributed by atoms with E-state index in [1.807, 2.05) is 24.3 Å². The van der Waals surface area contributed by atoms with Crippen LogP contribution in [0, 0.1) is 0 Å². The maximum Gasteiger partial charge on any atom is 0.267 e. The van der Waals surface area contributed by atoms with Gasteiger partial charge in [-0.25, -0.2) is 14.6 Å². The van der Waals surface area contributed by atoms with Crippen molar-refractivity contribution in [1.82, 2.24) is 24.7 Å². The zero-order valence-corrected chi connectivity index (χ0v) is 16.2. The smallest absolute Gasteiger partial charge is 0.267 e. The monoisotopic (exact) mass is 389 g/mol. The van der Waals surface area contributed by atoms with Gasteiger partial charge >= 0.3 is 0 Å². The molecule has 0 amide bonds. The molecule has 1 aliphatic heterocycles. The highest BCUT2D eigenvalue weighted by atomic mass is 16.1. The van der Waals surface area contributed by atoms with Crippen molar-refractivity contribution >= 4 is 11.6 Å². The maximum absolute atomic E-state index is 12.2. The Kier molecular flexibility index (Phi) is 4.67. The summed E-state index contributed by atoms with van der Waals surface area (Å²) >= 11 is 0. The average molecular weight is 389 g/mol. The van der Waals surface area contributed by atoms with Crippen molar-refractivity contribution in [3.05, 3.63) is 70.7 Å². The third kappa shape index (κ3) is 3.96. The molecule has 3 aromatic heterocycles. The number of hydrogen-bond donors (Lipinski definition) is 0. The summed E-state index contributed by atoms with van der Waals surface area (Å²) in [7, 11) is 0. The molecule has 1 aliphatic carbocycles. The van der Waals surface area contributed by atoms with E-state index in [9.17, 15) is 4.79 Å². The van der Waals surface area contributed by atoms with Crippen LogP contribution in [0.2, 0.25) is 0 Å². The molecule has 2 aliphatic rings. The summed E-state index contributed by atoms with van der Waals surface area (Å²) in [5.74, 6) is 2.46. The van der Waals surface area contributed by atoms with Crippen LogP contribution in [0.3, 0.4) is 0 Å². The minimum atomic E-state index is -0.119. The van der Waals surface area contributed by atoms with Gasteiger partial charge in [0.15, 0.2) is 0 Å². The fourth-order valence-electron chi connectivity index (χ4n) is 3.67. The van der Waals surface area contributed by atoms with E-state index in [1.165, 1.54) is 23.2 Å². The van der Waals surface area contributed by atoms with Crippen molar-refractivity contribution in [3.63, 3.8) is 0 Å². The van der Waals surface area contributed by atoms with E-state index in [-0.39, 0.29) is 5.56 Å². The lowest BCUT2D eigenvalue weighted by molar-refractivity contribution is 0.594. The van der Waals surface area contributed by atoms with Crippen LogP contribution in [0.25, 0.3) is 0 Å². The predicted octanol–water partition coefficient (Wildman–Crippen LogP) is 1.68. The first-order valence-electron chi connectivity index (χ1n) is 10.1. The van der Waals surface area contributed by atoms with Gasteiger partial charge in [-0.1, -0.05) is 6.07 Å².